The van der Waals surface area contributed by atoms with E-state index in [0.29, 0.717) is 5.69 Å². The van der Waals surface area contributed by atoms with Crippen LogP contribution in [-0.2, 0) is 28.0 Å². The molecular formula is C21H28N4O3S. The summed E-state index contributed by atoms with van der Waals surface area (Å²) in [6, 6.07) is 14.9. The molecule has 156 valence electrons. The first-order chi connectivity index (χ1) is 13.7. The van der Waals surface area contributed by atoms with E-state index >= 15 is 0 Å². The van der Waals surface area contributed by atoms with E-state index < -0.39 is 22.2 Å². The van der Waals surface area contributed by atoms with Gasteiger partial charge < -0.3 is 10.2 Å². The standard InChI is InChI=1S/C21H28N4O3S/c1-15(2)23-29(27,28)24-16(3)21(26)22-19-10-8-17(9-11-19)14-25-13-12-18-6-4-5-7-20(18)25/h4-11,15-16,23-24H,12-14H2,1-3H3,(H,22,26)/t16-/m0/s1. The van der Waals surface area contributed by atoms with Crippen LogP contribution in [0.4, 0.5) is 11.4 Å². The Morgan fingerprint density at radius 2 is 1.72 bits per heavy atom. The maximum atomic E-state index is 12.3. The summed E-state index contributed by atoms with van der Waals surface area (Å²) in [6.07, 6.45) is 1.06. The number of hydrogen-bond donors (Lipinski definition) is 3. The van der Waals surface area contributed by atoms with E-state index in [4.69, 9.17) is 0 Å². The lowest BCUT2D eigenvalue weighted by molar-refractivity contribution is -0.117. The number of nitrogens with one attached hydrogen (secondary N) is 3. The van der Waals surface area contributed by atoms with Gasteiger partial charge in [-0.2, -0.15) is 17.9 Å². The monoisotopic (exact) mass is 416 g/mol. The number of para-hydroxylation sites is 1. The molecule has 0 bridgehead atoms. The molecule has 1 atom stereocenters. The minimum absolute atomic E-state index is 0.252. The molecule has 0 aliphatic carbocycles. The largest absolute Gasteiger partial charge is 0.367 e. The number of benzene rings is 2. The van der Waals surface area contributed by atoms with E-state index in [-0.39, 0.29) is 6.04 Å². The van der Waals surface area contributed by atoms with E-state index in [1.165, 1.54) is 18.2 Å². The van der Waals surface area contributed by atoms with Crippen LogP contribution in [0, 0.1) is 0 Å². The SMILES string of the molecule is CC(C)NS(=O)(=O)N[C@@H](C)C(=O)Nc1ccc(CN2CCc3ccccc32)cc1. The third kappa shape index (κ3) is 5.79. The van der Waals surface area contributed by atoms with Crippen molar-refractivity contribution >= 4 is 27.5 Å². The maximum Gasteiger partial charge on any atom is 0.277 e. The van der Waals surface area contributed by atoms with Crippen molar-refractivity contribution in [2.24, 2.45) is 0 Å². The minimum Gasteiger partial charge on any atom is -0.367 e. The summed E-state index contributed by atoms with van der Waals surface area (Å²) >= 11 is 0. The molecule has 0 fully saturated rings. The van der Waals surface area contributed by atoms with Gasteiger partial charge >= 0.3 is 0 Å². The van der Waals surface area contributed by atoms with Crippen LogP contribution in [0.2, 0.25) is 0 Å². The summed E-state index contributed by atoms with van der Waals surface area (Å²) in [5, 5.41) is 2.75. The molecule has 29 heavy (non-hydrogen) atoms. The summed E-state index contributed by atoms with van der Waals surface area (Å²) in [7, 11) is -3.73. The fourth-order valence-electron chi connectivity index (χ4n) is 3.37. The number of hydrogen-bond acceptors (Lipinski definition) is 4. The van der Waals surface area contributed by atoms with Crippen LogP contribution in [0.5, 0.6) is 0 Å². The first kappa shape index (κ1) is 21.3. The Hall–Kier alpha value is -2.42. The number of anilines is 2. The van der Waals surface area contributed by atoms with E-state index in [1.54, 1.807) is 13.8 Å². The first-order valence-corrected chi connectivity index (χ1v) is 11.2. The average Bonchev–Trinajstić information content (AvgIpc) is 3.05. The van der Waals surface area contributed by atoms with Crippen molar-refractivity contribution in [2.45, 2.75) is 45.8 Å². The second-order valence-electron chi connectivity index (χ2n) is 7.60. The van der Waals surface area contributed by atoms with Crippen LogP contribution >= 0.6 is 0 Å². The Bertz CT molecular complexity index is 958. The Labute approximate surface area is 172 Å². The molecule has 0 spiro atoms. The zero-order valence-corrected chi connectivity index (χ0v) is 17.8. The third-order valence-corrected chi connectivity index (χ3v) is 6.14. The molecule has 1 aliphatic rings. The lowest BCUT2D eigenvalue weighted by Gasteiger charge is -2.20. The van der Waals surface area contributed by atoms with E-state index in [0.717, 1.165) is 25.1 Å². The topological polar surface area (TPSA) is 90.5 Å². The van der Waals surface area contributed by atoms with Crippen LogP contribution < -0.4 is 19.7 Å². The lowest BCUT2D eigenvalue weighted by atomic mass is 10.1. The van der Waals surface area contributed by atoms with Crippen LogP contribution in [0.1, 0.15) is 31.9 Å². The molecule has 2 aromatic rings. The van der Waals surface area contributed by atoms with Crippen molar-refractivity contribution in [3.05, 3.63) is 59.7 Å². The number of amides is 1. The summed E-state index contributed by atoms with van der Waals surface area (Å²) in [5.41, 5.74) is 4.43. The Morgan fingerprint density at radius 3 is 2.41 bits per heavy atom. The molecule has 1 heterocycles. The van der Waals surface area contributed by atoms with Crippen LogP contribution in [0.25, 0.3) is 0 Å². The van der Waals surface area contributed by atoms with Gasteiger partial charge in [0, 0.05) is 30.5 Å². The van der Waals surface area contributed by atoms with Crippen molar-refractivity contribution in [3.63, 3.8) is 0 Å². The van der Waals surface area contributed by atoms with Gasteiger partial charge in [0.05, 0.1) is 6.04 Å². The van der Waals surface area contributed by atoms with E-state index in [2.05, 4.69) is 43.9 Å². The summed E-state index contributed by atoms with van der Waals surface area (Å²) in [6.45, 7) is 6.74. The molecule has 7 nitrogen and oxygen atoms in total. The second kappa shape index (κ2) is 8.94. The van der Waals surface area contributed by atoms with Crippen molar-refractivity contribution in [1.82, 2.24) is 9.44 Å². The Kier molecular flexibility index (Phi) is 6.56. The highest BCUT2D eigenvalue weighted by Crippen LogP contribution is 2.28. The van der Waals surface area contributed by atoms with Crippen LogP contribution in [0.15, 0.2) is 48.5 Å². The van der Waals surface area contributed by atoms with Gasteiger partial charge in [-0.25, -0.2) is 0 Å². The number of rotatable bonds is 8. The quantitative estimate of drug-likeness (QED) is 0.616. The lowest BCUT2D eigenvalue weighted by Crippen LogP contribution is -2.48. The minimum atomic E-state index is -3.73. The van der Waals surface area contributed by atoms with Gasteiger partial charge in [0.25, 0.3) is 10.2 Å². The Morgan fingerprint density at radius 1 is 1.03 bits per heavy atom. The summed E-state index contributed by atoms with van der Waals surface area (Å²) < 4.78 is 28.5. The van der Waals surface area contributed by atoms with Gasteiger partial charge in [-0.15, -0.1) is 0 Å². The van der Waals surface area contributed by atoms with Gasteiger partial charge in [0.1, 0.15) is 0 Å². The summed E-state index contributed by atoms with van der Waals surface area (Å²) in [4.78, 5) is 14.7. The predicted octanol–water partition coefficient (Wildman–Crippen LogP) is 2.41. The molecule has 0 saturated heterocycles. The smallest absolute Gasteiger partial charge is 0.277 e. The fourth-order valence-corrected chi connectivity index (χ4v) is 4.63. The molecule has 0 unspecified atom stereocenters. The van der Waals surface area contributed by atoms with Gasteiger partial charge in [-0.3, -0.25) is 4.79 Å². The first-order valence-electron chi connectivity index (χ1n) is 9.76. The van der Waals surface area contributed by atoms with Gasteiger partial charge in [0.2, 0.25) is 5.91 Å². The molecule has 3 rings (SSSR count). The molecule has 0 aromatic heterocycles. The molecule has 3 N–H and O–H groups in total. The van der Waals surface area contributed by atoms with E-state index in [9.17, 15) is 13.2 Å². The highest BCUT2D eigenvalue weighted by molar-refractivity contribution is 7.87. The summed E-state index contributed by atoms with van der Waals surface area (Å²) in [5.74, 6) is -0.416. The van der Waals surface area contributed by atoms with Crippen molar-refractivity contribution in [3.8, 4) is 0 Å². The molecular weight excluding hydrogens is 388 g/mol. The highest BCUT2D eigenvalue weighted by Gasteiger charge is 2.21. The molecule has 0 saturated carbocycles. The molecule has 1 amide bonds. The van der Waals surface area contributed by atoms with Gasteiger partial charge in [-0.1, -0.05) is 30.3 Å². The van der Waals surface area contributed by atoms with Crippen molar-refractivity contribution in [1.29, 1.82) is 0 Å². The average molecular weight is 417 g/mol. The maximum absolute atomic E-state index is 12.3. The van der Waals surface area contributed by atoms with Crippen LogP contribution in [-0.4, -0.2) is 33.0 Å². The fraction of sp³-hybridized carbons (Fsp3) is 0.381. The predicted molar refractivity (Wildman–Crippen MR) is 116 cm³/mol. The van der Waals surface area contributed by atoms with E-state index in [1.807, 2.05) is 24.3 Å². The van der Waals surface area contributed by atoms with Crippen LogP contribution in [0.3, 0.4) is 0 Å². The van der Waals surface area contributed by atoms with Crippen molar-refractivity contribution < 1.29 is 13.2 Å². The molecule has 2 aromatic carbocycles. The zero-order chi connectivity index (χ0) is 21.0. The second-order valence-corrected chi connectivity index (χ2v) is 9.08. The third-order valence-electron chi connectivity index (χ3n) is 4.69. The van der Waals surface area contributed by atoms with Gasteiger partial charge in [0.15, 0.2) is 0 Å². The van der Waals surface area contributed by atoms with Gasteiger partial charge in [-0.05, 0) is 56.5 Å². The number of fused-ring (bicyclic) bond motifs is 1. The highest BCUT2D eigenvalue weighted by atomic mass is 32.2. The molecule has 0 radical (unpaired) electrons. The number of nitrogens with zero attached hydrogens (tertiary/aromatic N) is 1. The number of carbonyl (C=O) groups excluding carboxylic acids is 1. The van der Waals surface area contributed by atoms with Crippen molar-refractivity contribution in [2.75, 3.05) is 16.8 Å². The zero-order valence-electron chi connectivity index (χ0n) is 17.0. The normalized spacial score (nSPS) is 14.7. The number of carbonyl (C=O) groups is 1. The Balaban J connectivity index is 1.56. The molecule has 8 heteroatoms. The molecule has 1 aliphatic heterocycles.